The van der Waals surface area contributed by atoms with Gasteiger partial charge in [0.05, 0.1) is 17.6 Å². The van der Waals surface area contributed by atoms with E-state index in [-0.39, 0.29) is 11.8 Å². The van der Waals surface area contributed by atoms with E-state index in [4.69, 9.17) is 0 Å². The lowest BCUT2D eigenvalue weighted by atomic mass is 10.2. The van der Waals surface area contributed by atoms with Crippen molar-refractivity contribution in [2.75, 3.05) is 12.0 Å². The van der Waals surface area contributed by atoms with Crippen LogP contribution >= 0.6 is 11.8 Å². The molecule has 0 aliphatic rings. The van der Waals surface area contributed by atoms with Crippen LogP contribution in [0.3, 0.4) is 0 Å². The van der Waals surface area contributed by atoms with Gasteiger partial charge in [0, 0.05) is 13.5 Å². The fraction of sp³-hybridized carbons (Fsp3) is 0.471. The molecule has 0 unspecified atom stereocenters. The second kappa shape index (κ2) is 8.73. The van der Waals surface area contributed by atoms with Crippen LogP contribution in [-0.4, -0.2) is 39.4 Å². The van der Waals surface area contributed by atoms with Crippen LogP contribution in [-0.2, 0) is 22.7 Å². The molecule has 0 radical (unpaired) electrons. The summed E-state index contributed by atoms with van der Waals surface area (Å²) < 4.78 is 2.09. The molecule has 7 heteroatoms. The van der Waals surface area contributed by atoms with Gasteiger partial charge in [-0.3, -0.25) is 9.59 Å². The summed E-state index contributed by atoms with van der Waals surface area (Å²) in [7, 11) is 0. The van der Waals surface area contributed by atoms with Gasteiger partial charge in [0.25, 0.3) is 0 Å². The Morgan fingerprint density at radius 2 is 2.08 bits per heavy atom. The molecule has 0 spiro atoms. The summed E-state index contributed by atoms with van der Waals surface area (Å²) in [6, 6.07) is 7.41. The Hall–Kier alpha value is -2.02. The van der Waals surface area contributed by atoms with Crippen LogP contribution in [0.15, 0.2) is 24.3 Å². The lowest BCUT2D eigenvalue weighted by molar-refractivity contribution is -0.128. The number of amides is 2. The second-order valence-electron chi connectivity index (χ2n) is 5.51. The third-order valence-corrected chi connectivity index (χ3v) is 4.42. The first-order valence-corrected chi connectivity index (χ1v) is 9.44. The van der Waals surface area contributed by atoms with Crippen molar-refractivity contribution < 1.29 is 9.59 Å². The highest BCUT2D eigenvalue weighted by atomic mass is 32.2. The normalized spacial score (nSPS) is 12.1. The summed E-state index contributed by atoms with van der Waals surface area (Å²) in [6.07, 6.45) is 2.59. The van der Waals surface area contributed by atoms with Gasteiger partial charge in [-0.25, -0.2) is 4.98 Å². The molecule has 1 atom stereocenters. The Kier molecular flexibility index (Phi) is 6.66. The highest BCUT2D eigenvalue weighted by Gasteiger charge is 2.19. The molecule has 1 heterocycles. The Labute approximate surface area is 146 Å². The number of hydrogen-bond acceptors (Lipinski definition) is 4. The molecule has 0 saturated heterocycles. The van der Waals surface area contributed by atoms with E-state index in [0.717, 1.165) is 29.2 Å². The van der Waals surface area contributed by atoms with Crippen molar-refractivity contribution in [2.45, 2.75) is 39.4 Å². The number of fused-ring (bicyclic) bond motifs is 1. The number of hydrogen-bond donors (Lipinski definition) is 2. The molecule has 1 aromatic carbocycles. The van der Waals surface area contributed by atoms with Gasteiger partial charge in [-0.15, -0.1) is 0 Å². The Balaban J connectivity index is 2.08. The highest BCUT2D eigenvalue weighted by molar-refractivity contribution is 7.98. The van der Waals surface area contributed by atoms with Crippen molar-refractivity contribution in [2.24, 2.45) is 0 Å². The lowest BCUT2D eigenvalue weighted by Crippen LogP contribution is -2.46. The first kappa shape index (κ1) is 18.3. The number of imidazole rings is 1. The molecular formula is C17H24N4O2S. The van der Waals surface area contributed by atoms with Crippen molar-refractivity contribution in [3.8, 4) is 0 Å². The average Bonchev–Trinajstić information content (AvgIpc) is 2.93. The topological polar surface area (TPSA) is 76.0 Å². The van der Waals surface area contributed by atoms with Crippen LogP contribution in [0.4, 0.5) is 0 Å². The average molecular weight is 348 g/mol. The number of benzene rings is 1. The zero-order chi connectivity index (χ0) is 17.5. The number of rotatable bonds is 8. The molecule has 2 N–H and O–H groups in total. The standard InChI is InChI=1S/C17H24N4O2S/c1-4-21-15-8-6-5-7-13(15)20-16(21)11-18-17(23)14(9-10-24-3)19-12(2)22/h5-8,14H,4,9-11H2,1-3H3,(H,18,23)(H,19,22)/t14-/m0/s1. The summed E-state index contributed by atoms with van der Waals surface area (Å²) >= 11 is 1.65. The van der Waals surface area contributed by atoms with E-state index in [1.54, 1.807) is 11.8 Å². The maximum atomic E-state index is 12.4. The third kappa shape index (κ3) is 4.50. The number of aromatic nitrogens is 2. The number of nitrogens with zero attached hydrogens (tertiary/aromatic N) is 2. The molecule has 2 rings (SSSR count). The first-order valence-electron chi connectivity index (χ1n) is 8.04. The number of carbonyl (C=O) groups excluding carboxylic acids is 2. The van der Waals surface area contributed by atoms with E-state index in [1.165, 1.54) is 6.92 Å². The van der Waals surface area contributed by atoms with Crippen molar-refractivity contribution in [3.05, 3.63) is 30.1 Å². The fourth-order valence-corrected chi connectivity index (χ4v) is 3.12. The van der Waals surface area contributed by atoms with Gasteiger partial charge < -0.3 is 15.2 Å². The van der Waals surface area contributed by atoms with E-state index in [0.29, 0.717) is 13.0 Å². The summed E-state index contributed by atoms with van der Waals surface area (Å²) in [5.41, 5.74) is 1.98. The van der Waals surface area contributed by atoms with Gasteiger partial charge >= 0.3 is 0 Å². The van der Waals surface area contributed by atoms with Gasteiger partial charge in [0.2, 0.25) is 11.8 Å². The van der Waals surface area contributed by atoms with E-state index in [2.05, 4.69) is 27.1 Å². The SMILES string of the molecule is CCn1c(CNC(=O)[C@H](CCSC)NC(C)=O)nc2ccccc21. The molecule has 130 valence electrons. The molecular weight excluding hydrogens is 324 g/mol. The van der Waals surface area contributed by atoms with Gasteiger partial charge in [-0.2, -0.15) is 11.8 Å². The monoisotopic (exact) mass is 348 g/mol. The smallest absolute Gasteiger partial charge is 0.242 e. The minimum absolute atomic E-state index is 0.172. The van der Waals surface area contributed by atoms with Crippen molar-refractivity contribution in [1.29, 1.82) is 0 Å². The predicted molar refractivity (Wildman–Crippen MR) is 97.9 cm³/mol. The summed E-state index contributed by atoms with van der Waals surface area (Å²) in [4.78, 5) is 28.3. The molecule has 0 fully saturated rings. The van der Waals surface area contributed by atoms with Gasteiger partial charge in [0.15, 0.2) is 0 Å². The van der Waals surface area contributed by atoms with Crippen LogP contribution in [0, 0.1) is 0 Å². The first-order chi connectivity index (χ1) is 11.6. The van der Waals surface area contributed by atoms with Crippen LogP contribution in [0.2, 0.25) is 0 Å². The number of aryl methyl sites for hydroxylation is 1. The van der Waals surface area contributed by atoms with Gasteiger partial charge in [-0.05, 0) is 37.5 Å². The maximum absolute atomic E-state index is 12.4. The molecule has 24 heavy (non-hydrogen) atoms. The van der Waals surface area contributed by atoms with E-state index >= 15 is 0 Å². The van der Waals surface area contributed by atoms with Crippen LogP contribution in [0.25, 0.3) is 11.0 Å². The Morgan fingerprint density at radius 1 is 1.33 bits per heavy atom. The van der Waals surface area contributed by atoms with Crippen molar-refractivity contribution >= 4 is 34.6 Å². The zero-order valence-electron chi connectivity index (χ0n) is 14.3. The molecule has 0 bridgehead atoms. The zero-order valence-corrected chi connectivity index (χ0v) is 15.2. The van der Waals surface area contributed by atoms with Crippen molar-refractivity contribution in [1.82, 2.24) is 20.2 Å². The van der Waals surface area contributed by atoms with Gasteiger partial charge in [-0.1, -0.05) is 12.1 Å². The predicted octanol–water partition coefficient (Wildman–Crippen LogP) is 1.93. The second-order valence-corrected chi connectivity index (χ2v) is 6.50. The Bertz CT molecular complexity index is 714. The fourth-order valence-electron chi connectivity index (χ4n) is 2.65. The third-order valence-electron chi connectivity index (χ3n) is 3.78. The summed E-state index contributed by atoms with van der Waals surface area (Å²) in [5, 5.41) is 5.62. The molecule has 0 saturated carbocycles. The molecule has 2 aromatic rings. The lowest BCUT2D eigenvalue weighted by Gasteiger charge is -2.17. The molecule has 0 aliphatic heterocycles. The number of carbonyl (C=O) groups is 2. The van der Waals surface area contributed by atoms with E-state index in [1.807, 2.05) is 30.5 Å². The van der Waals surface area contributed by atoms with E-state index in [9.17, 15) is 9.59 Å². The minimum Gasteiger partial charge on any atom is -0.347 e. The van der Waals surface area contributed by atoms with Crippen LogP contribution < -0.4 is 10.6 Å². The maximum Gasteiger partial charge on any atom is 0.242 e. The summed E-state index contributed by atoms with van der Waals surface area (Å²) in [5.74, 6) is 1.26. The largest absolute Gasteiger partial charge is 0.347 e. The molecule has 2 amide bonds. The van der Waals surface area contributed by atoms with Crippen molar-refractivity contribution in [3.63, 3.8) is 0 Å². The minimum atomic E-state index is -0.505. The van der Waals surface area contributed by atoms with Crippen LogP contribution in [0.1, 0.15) is 26.1 Å². The van der Waals surface area contributed by atoms with Crippen LogP contribution in [0.5, 0.6) is 0 Å². The highest BCUT2D eigenvalue weighted by Crippen LogP contribution is 2.15. The molecule has 0 aliphatic carbocycles. The molecule has 6 nitrogen and oxygen atoms in total. The quantitative estimate of drug-likeness (QED) is 0.764. The van der Waals surface area contributed by atoms with Gasteiger partial charge in [0.1, 0.15) is 11.9 Å². The number of para-hydroxylation sites is 2. The Morgan fingerprint density at radius 3 is 2.75 bits per heavy atom. The summed E-state index contributed by atoms with van der Waals surface area (Å²) in [6.45, 7) is 4.61. The molecule has 1 aromatic heterocycles. The number of thioether (sulfide) groups is 1. The van der Waals surface area contributed by atoms with E-state index < -0.39 is 6.04 Å². The number of nitrogens with one attached hydrogen (secondary N) is 2.